The Morgan fingerprint density at radius 2 is 1.77 bits per heavy atom. The number of nitrogens with zero attached hydrogens (tertiary/aromatic N) is 3. The third-order valence-electron chi connectivity index (χ3n) is 4.34. The van der Waals surface area contributed by atoms with Crippen LogP contribution < -0.4 is 21.1 Å². The summed E-state index contributed by atoms with van der Waals surface area (Å²) in [5, 5.41) is 14.5. The summed E-state index contributed by atoms with van der Waals surface area (Å²) in [6.45, 7) is 4.31. The number of anilines is 2. The Labute approximate surface area is 180 Å². The molecule has 0 saturated carbocycles. The van der Waals surface area contributed by atoms with E-state index in [9.17, 15) is 4.79 Å². The van der Waals surface area contributed by atoms with E-state index in [1.807, 2.05) is 54.6 Å². The van der Waals surface area contributed by atoms with Crippen LogP contribution in [0.1, 0.15) is 6.42 Å². The number of rotatable bonds is 9. The molecule has 0 spiro atoms. The SMILES string of the molecule is C=C(C#N)C(=O)NCCCNc1ncnc(N)c1-c1ccc(Oc2ccccc2)cc1. The minimum atomic E-state index is -0.465. The van der Waals surface area contributed by atoms with Crippen molar-refractivity contribution in [3.05, 3.63) is 73.1 Å². The number of hydrogen-bond acceptors (Lipinski definition) is 7. The number of carbonyl (C=O) groups is 1. The standard InChI is InChI=1S/C23H22N6O2/c1-16(14-24)23(30)27-13-5-12-26-22-20(21(25)28-15-29-22)17-8-10-19(11-9-17)31-18-6-3-2-4-7-18/h2-4,6-11,15H,1,5,12-13H2,(H,27,30)(H3,25,26,28,29). The van der Waals surface area contributed by atoms with Crippen molar-refractivity contribution in [2.45, 2.75) is 6.42 Å². The molecule has 2 aromatic carbocycles. The normalized spacial score (nSPS) is 10.0. The molecule has 0 aliphatic carbocycles. The molecule has 0 aliphatic heterocycles. The van der Waals surface area contributed by atoms with Crippen LogP contribution in [-0.2, 0) is 4.79 Å². The first-order chi connectivity index (χ1) is 15.1. The van der Waals surface area contributed by atoms with Crippen molar-refractivity contribution in [2.24, 2.45) is 0 Å². The molecule has 0 saturated heterocycles. The number of nitrogens with two attached hydrogens (primary N) is 1. The van der Waals surface area contributed by atoms with Crippen molar-refractivity contribution >= 4 is 17.5 Å². The molecule has 1 heterocycles. The van der Waals surface area contributed by atoms with E-state index < -0.39 is 5.91 Å². The maximum Gasteiger partial charge on any atom is 0.261 e. The Balaban J connectivity index is 1.63. The Bertz CT molecular complexity index is 1090. The van der Waals surface area contributed by atoms with Gasteiger partial charge < -0.3 is 21.1 Å². The van der Waals surface area contributed by atoms with Gasteiger partial charge in [0.1, 0.15) is 41.1 Å². The molecule has 0 unspecified atom stereocenters. The van der Waals surface area contributed by atoms with E-state index in [1.165, 1.54) is 6.33 Å². The highest BCUT2D eigenvalue weighted by Gasteiger charge is 2.12. The van der Waals surface area contributed by atoms with Gasteiger partial charge in [0.25, 0.3) is 5.91 Å². The van der Waals surface area contributed by atoms with Crippen molar-refractivity contribution in [2.75, 3.05) is 24.1 Å². The molecule has 0 atom stereocenters. The highest BCUT2D eigenvalue weighted by atomic mass is 16.5. The lowest BCUT2D eigenvalue weighted by molar-refractivity contribution is -0.117. The Kier molecular flexibility index (Phi) is 7.16. The van der Waals surface area contributed by atoms with Crippen molar-refractivity contribution < 1.29 is 9.53 Å². The number of benzene rings is 2. The van der Waals surface area contributed by atoms with E-state index in [4.69, 9.17) is 15.7 Å². The lowest BCUT2D eigenvalue weighted by atomic mass is 10.1. The zero-order valence-electron chi connectivity index (χ0n) is 16.8. The number of para-hydroxylation sites is 1. The molecule has 0 fully saturated rings. The van der Waals surface area contributed by atoms with E-state index in [0.717, 1.165) is 11.3 Å². The molecule has 31 heavy (non-hydrogen) atoms. The zero-order valence-corrected chi connectivity index (χ0v) is 16.8. The monoisotopic (exact) mass is 414 g/mol. The molecule has 8 nitrogen and oxygen atoms in total. The van der Waals surface area contributed by atoms with Crippen LogP contribution in [0.5, 0.6) is 11.5 Å². The Morgan fingerprint density at radius 1 is 1.06 bits per heavy atom. The largest absolute Gasteiger partial charge is 0.457 e. The Morgan fingerprint density at radius 3 is 2.48 bits per heavy atom. The van der Waals surface area contributed by atoms with Gasteiger partial charge in [-0.2, -0.15) is 5.26 Å². The quantitative estimate of drug-likeness (QED) is 0.278. The number of aromatic nitrogens is 2. The van der Waals surface area contributed by atoms with E-state index >= 15 is 0 Å². The predicted molar refractivity (Wildman–Crippen MR) is 119 cm³/mol. The van der Waals surface area contributed by atoms with Gasteiger partial charge >= 0.3 is 0 Å². The molecule has 156 valence electrons. The highest BCUT2D eigenvalue weighted by Crippen LogP contribution is 2.32. The number of amides is 1. The van der Waals surface area contributed by atoms with E-state index in [2.05, 4.69) is 27.2 Å². The third-order valence-corrected chi connectivity index (χ3v) is 4.34. The third kappa shape index (κ3) is 5.81. The number of nitriles is 1. The van der Waals surface area contributed by atoms with Crippen molar-refractivity contribution in [3.63, 3.8) is 0 Å². The molecule has 0 aliphatic rings. The van der Waals surface area contributed by atoms with Crippen molar-refractivity contribution in [1.82, 2.24) is 15.3 Å². The number of nitrogen functional groups attached to an aromatic ring is 1. The van der Waals surface area contributed by atoms with E-state index in [-0.39, 0.29) is 5.57 Å². The molecular formula is C23H22N6O2. The van der Waals surface area contributed by atoms with E-state index in [0.29, 0.717) is 42.5 Å². The molecule has 1 aromatic heterocycles. The van der Waals surface area contributed by atoms with Gasteiger partial charge in [-0.05, 0) is 36.2 Å². The molecule has 0 radical (unpaired) electrons. The summed E-state index contributed by atoms with van der Waals surface area (Å²) in [5.74, 6) is 1.94. The second-order valence-electron chi connectivity index (χ2n) is 6.55. The van der Waals surface area contributed by atoms with Crippen LogP contribution in [0.4, 0.5) is 11.6 Å². The Hall–Kier alpha value is -4.38. The maximum absolute atomic E-state index is 11.5. The summed E-state index contributed by atoms with van der Waals surface area (Å²) in [6.07, 6.45) is 2.02. The second-order valence-corrected chi connectivity index (χ2v) is 6.55. The molecule has 4 N–H and O–H groups in total. The molecule has 3 rings (SSSR count). The smallest absolute Gasteiger partial charge is 0.261 e. The van der Waals surface area contributed by atoms with Crippen LogP contribution in [0.25, 0.3) is 11.1 Å². The first-order valence-electron chi connectivity index (χ1n) is 9.63. The van der Waals surface area contributed by atoms with Crippen molar-refractivity contribution in [1.29, 1.82) is 5.26 Å². The molecule has 3 aromatic rings. The van der Waals surface area contributed by atoms with Gasteiger partial charge in [0.2, 0.25) is 0 Å². The van der Waals surface area contributed by atoms with Gasteiger partial charge in [-0.3, -0.25) is 4.79 Å². The number of hydrogen-bond donors (Lipinski definition) is 3. The van der Waals surface area contributed by atoms with Gasteiger partial charge in [-0.15, -0.1) is 0 Å². The first kappa shape index (κ1) is 21.3. The summed E-state index contributed by atoms with van der Waals surface area (Å²) in [4.78, 5) is 19.9. The molecule has 0 bridgehead atoms. The van der Waals surface area contributed by atoms with Crippen molar-refractivity contribution in [3.8, 4) is 28.7 Å². The molecule has 1 amide bonds. The topological polar surface area (TPSA) is 126 Å². The summed E-state index contributed by atoms with van der Waals surface area (Å²) in [6, 6.07) is 18.7. The van der Waals surface area contributed by atoms with Gasteiger partial charge in [0.05, 0.1) is 5.56 Å². The number of carbonyl (C=O) groups excluding carboxylic acids is 1. The summed E-state index contributed by atoms with van der Waals surface area (Å²) < 4.78 is 5.83. The zero-order chi connectivity index (χ0) is 22.1. The summed E-state index contributed by atoms with van der Waals surface area (Å²) in [7, 11) is 0. The minimum absolute atomic E-state index is 0.112. The summed E-state index contributed by atoms with van der Waals surface area (Å²) >= 11 is 0. The average molecular weight is 414 g/mol. The summed E-state index contributed by atoms with van der Waals surface area (Å²) in [5.41, 5.74) is 7.54. The minimum Gasteiger partial charge on any atom is -0.457 e. The maximum atomic E-state index is 11.5. The fourth-order valence-corrected chi connectivity index (χ4v) is 2.79. The second kappa shape index (κ2) is 10.4. The number of nitrogens with one attached hydrogen (secondary N) is 2. The fraction of sp³-hybridized carbons (Fsp3) is 0.130. The van der Waals surface area contributed by atoms with Gasteiger partial charge in [0, 0.05) is 13.1 Å². The molecule has 8 heteroatoms. The van der Waals surface area contributed by atoms with Crippen LogP contribution in [0.3, 0.4) is 0 Å². The van der Waals surface area contributed by atoms with Crippen LogP contribution in [-0.4, -0.2) is 29.0 Å². The van der Waals surface area contributed by atoms with Crippen LogP contribution >= 0.6 is 0 Å². The fourth-order valence-electron chi connectivity index (χ4n) is 2.79. The first-order valence-corrected chi connectivity index (χ1v) is 9.63. The van der Waals surface area contributed by atoms with Crippen LogP contribution in [0.2, 0.25) is 0 Å². The predicted octanol–water partition coefficient (Wildman–Crippen LogP) is 3.52. The van der Waals surface area contributed by atoms with Crippen LogP contribution in [0, 0.1) is 11.3 Å². The van der Waals surface area contributed by atoms with Crippen LogP contribution in [0.15, 0.2) is 73.1 Å². The lowest BCUT2D eigenvalue weighted by Crippen LogP contribution is -2.26. The van der Waals surface area contributed by atoms with Gasteiger partial charge in [-0.25, -0.2) is 9.97 Å². The van der Waals surface area contributed by atoms with Gasteiger partial charge in [0.15, 0.2) is 0 Å². The average Bonchev–Trinajstić information content (AvgIpc) is 2.79. The highest BCUT2D eigenvalue weighted by molar-refractivity contribution is 5.96. The molecular weight excluding hydrogens is 392 g/mol. The van der Waals surface area contributed by atoms with Gasteiger partial charge in [-0.1, -0.05) is 36.9 Å². The number of ether oxygens (including phenoxy) is 1. The lowest BCUT2D eigenvalue weighted by Gasteiger charge is -2.13. The van der Waals surface area contributed by atoms with E-state index in [1.54, 1.807) is 6.07 Å².